The molecule has 0 saturated carbocycles. The fourth-order valence-electron chi connectivity index (χ4n) is 2.37. The van der Waals surface area contributed by atoms with Crippen LogP contribution in [0.3, 0.4) is 0 Å². The van der Waals surface area contributed by atoms with E-state index in [0.29, 0.717) is 0 Å². The third-order valence-electron chi connectivity index (χ3n) is 3.31. The Morgan fingerprint density at radius 1 is 1.47 bits per heavy atom. The number of H-pyrrole nitrogens is 1. The highest BCUT2D eigenvalue weighted by Crippen LogP contribution is 2.24. The van der Waals surface area contributed by atoms with Crippen LogP contribution in [-0.4, -0.2) is 23.1 Å². The number of aromatic amines is 1. The number of rotatable bonds is 3. The first kappa shape index (κ1) is 11.0. The molecule has 2 aromatic rings. The van der Waals surface area contributed by atoms with Gasteiger partial charge < -0.3 is 10.3 Å². The van der Waals surface area contributed by atoms with Crippen LogP contribution in [0.2, 0.25) is 0 Å². The summed E-state index contributed by atoms with van der Waals surface area (Å²) in [7, 11) is 0. The molecule has 2 N–H and O–H groups in total. The van der Waals surface area contributed by atoms with Crippen LogP contribution < -0.4 is 5.32 Å². The zero-order chi connectivity index (χ0) is 11.5. The molecule has 0 amide bonds. The summed E-state index contributed by atoms with van der Waals surface area (Å²) in [5.41, 5.74) is 2.30. The number of nitrogens with zero attached hydrogens (tertiary/aromatic N) is 1. The van der Waals surface area contributed by atoms with Gasteiger partial charge in [0.1, 0.15) is 0 Å². The van der Waals surface area contributed by atoms with E-state index in [1.165, 1.54) is 30.0 Å². The van der Waals surface area contributed by atoms with Crippen molar-refractivity contribution in [3.8, 4) is 11.3 Å². The monoisotopic (exact) mass is 247 g/mol. The molecule has 0 aliphatic carbocycles. The first-order valence-corrected chi connectivity index (χ1v) is 7.08. The molecular weight excluding hydrogens is 230 g/mol. The van der Waals surface area contributed by atoms with Crippen LogP contribution in [0.25, 0.3) is 11.3 Å². The Labute approximate surface area is 105 Å². The topological polar surface area (TPSA) is 40.7 Å². The van der Waals surface area contributed by atoms with Gasteiger partial charge in [-0.25, -0.2) is 4.98 Å². The molecule has 1 unspecified atom stereocenters. The van der Waals surface area contributed by atoms with E-state index in [1.807, 2.05) is 12.4 Å². The van der Waals surface area contributed by atoms with Crippen molar-refractivity contribution >= 4 is 11.3 Å². The highest BCUT2D eigenvalue weighted by atomic mass is 32.1. The van der Waals surface area contributed by atoms with Crippen molar-refractivity contribution in [1.82, 2.24) is 15.3 Å². The predicted molar refractivity (Wildman–Crippen MR) is 71.2 cm³/mol. The van der Waals surface area contributed by atoms with Gasteiger partial charge in [0, 0.05) is 29.8 Å². The van der Waals surface area contributed by atoms with Crippen LogP contribution in [0.4, 0.5) is 0 Å². The summed E-state index contributed by atoms with van der Waals surface area (Å²) in [6.07, 6.45) is 7.72. The zero-order valence-corrected chi connectivity index (χ0v) is 10.6. The first-order chi connectivity index (χ1) is 8.42. The number of thiazole rings is 1. The molecule has 1 saturated heterocycles. The minimum atomic E-state index is 0.772. The van der Waals surface area contributed by atoms with E-state index in [1.54, 1.807) is 11.3 Å². The minimum absolute atomic E-state index is 0.772. The van der Waals surface area contributed by atoms with E-state index in [2.05, 4.69) is 21.7 Å². The highest BCUT2D eigenvalue weighted by molar-refractivity contribution is 7.09. The lowest BCUT2D eigenvalue weighted by Crippen LogP contribution is -2.30. The van der Waals surface area contributed by atoms with E-state index >= 15 is 0 Å². The van der Waals surface area contributed by atoms with Crippen molar-refractivity contribution in [2.75, 3.05) is 13.1 Å². The predicted octanol–water partition coefficient (Wildman–Crippen LogP) is 2.68. The lowest BCUT2D eigenvalue weighted by Gasteiger charge is -2.21. The number of nitrogens with one attached hydrogen (secondary N) is 2. The summed E-state index contributed by atoms with van der Waals surface area (Å²) >= 11 is 1.79. The van der Waals surface area contributed by atoms with Crippen molar-refractivity contribution in [1.29, 1.82) is 0 Å². The fourth-order valence-corrected chi connectivity index (χ4v) is 3.29. The molecule has 1 aliphatic rings. The normalized spacial score (nSPS) is 20.6. The molecule has 2 aromatic heterocycles. The van der Waals surface area contributed by atoms with Crippen LogP contribution in [0, 0.1) is 5.92 Å². The fraction of sp³-hybridized carbons (Fsp3) is 0.462. The second-order valence-corrected chi connectivity index (χ2v) is 5.59. The van der Waals surface area contributed by atoms with E-state index in [9.17, 15) is 0 Å². The summed E-state index contributed by atoms with van der Waals surface area (Å²) < 4.78 is 0. The van der Waals surface area contributed by atoms with Crippen molar-refractivity contribution in [2.24, 2.45) is 5.92 Å². The largest absolute Gasteiger partial charge is 0.367 e. The highest BCUT2D eigenvalue weighted by Gasteiger charge is 2.15. The standard InChI is InChI=1S/C13H17N3S/c1-2-10(7-14-4-1)6-13-16-12(9-17-13)11-3-5-15-8-11/h3,5,8-10,14-15H,1-2,4,6-7H2. The van der Waals surface area contributed by atoms with Crippen molar-refractivity contribution in [3.05, 3.63) is 28.8 Å². The van der Waals surface area contributed by atoms with Crippen LogP contribution in [-0.2, 0) is 6.42 Å². The molecule has 4 heteroatoms. The van der Waals surface area contributed by atoms with Gasteiger partial charge in [-0.15, -0.1) is 11.3 Å². The summed E-state index contributed by atoms with van der Waals surface area (Å²) in [4.78, 5) is 7.79. The first-order valence-electron chi connectivity index (χ1n) is 6.20. The molecule has 1 atom stereocenters. The van der Waals surface area contributed by atoms with Crippen LogP contribution in [0.1, 0.15) is 17.8 Å². The smallest absolute Gasteiger partial charge is 0.0935 e. The van der Waals surface area contributed by atoms with Gasteiger partial charge >= 0.3 is 0 Å². The molecular formula is C13H17N3S. The molecule has 0 aromatic carbocycles. The summed E-state index contributed by atoms with van der Waals surface area (Å²) in [6.45, 7) is 2.34. The van der Waals surface area contributed by atoms with Crippen LogP contribution in [0.15, 0.2) is 23.8 Å². The van der Waals surface area contributed by atoms with Gasteiger partial charge in [0.2, 0.25) is 0 Å². The van der Waals surface area contributed by atoms with E-state index in [4.69, 9.17) is 4.98 Å². The maximum atomic E-state index is 4.72. The Bertz CT molecular complexity index is 455. The van der Waals surface area contributed by atoms with E-state index in [0.717, 1.165) is 24.6 Å². The maximum absolute atomic E-state index is 4.72. The molecule has 3 nitrogen and oxygen atoms in total. The number of hydrogen-bond acceptors (Lipinski definition) is 3. The van der Waals surface area contributed by atoms with Crippen LogP contribution >= 0.6 is 11.3 Å². The van der Waals surface area contributed by atoms with E-state index < -0.39 is 0 Å². The lowest BCUT2D eigenvalue weighted by molar-refractivity contribution is 0.376. The molecule has 0 bridgehead atoms. The quantitative estimate of drug-likeness (QED) is 0.875. The van der Waals surface area contributed by atoms with Crippen molar-refractivity contribution < 1.29 is 0 Å². The summed E-state index contributed by atoms with van der Waals surface area (Å²) in [5, 5.41) is 6.90. The molecule has 1 aliphatic heterocycles. The number of piperidine rings is 1. The van der Waals surface area contributed by atoms with Gasteiger partial charge in [-0.1, -0.05) is 0 Å². The Morgan fingerprint density at radius 2 is 2.47 bits per heavy atom. The van der Waals surface area contributed by atoms with Gasteiger partial charge in [-0.2, -0.15) is 0 Å². The van der Waals surface area contributed by atoms with Gasteiger partial charge in [0.15, 0.2) is 0 Å². The molecule has 1 fully saturated rings. The molecule has 0 radical (unpaired) electrons. The summed E-state index contributed by atoms with van der Waals surface area (Å²) in [5.74, 6) is 0.772. The van der Waals surface area contributed by atoms with E-state index in [-0.39, 0.29) is 0 Å². The molecule has 3 rings (SSSR count). The van der Waals surface area contributed by atoms with Gasteiger partial charge in [0.05, 0.1) is 10.7 Å². The summed E-state index contributed by atoms with van der Waals surface area (Å²) in [6, 6.07) is 2.07. The Balaban J connectivity index is 1.68. The lowest BCUT2D eigenvalue weighted by atomic mass is 9.97. The SMILES string of the molecule is c1cc(-c2csc(CC3CCCNC3)n2)c[nH]1. The maximum Gasteiger partial charge on any atom is 0.0935 e. The average Bonchev–Trinajstić information content (AvgIpc) is 3.00. The van der Waals surface area contributed by atoms with Crippen molar-refractivity contribution in [2.45, 2.75) is 19.3 Å². The Morgan fingerprint density at radius 3 is 3.24 bits per heavy atom. The third-order valence-corrected chi connectivity index (χ3v) is 4.18. The zero-order valence-electron chi connectivity index (χ0n) is 9.78. The molecule has 17 heavy (non-hydrogen) atoms. The number of hydrogen-bond donors (Lipinski definition) is 2. The van der Waals surface area contributed by atoms with Gasteiger partial charge in [-0.3, -0.25) is 0 Å². The van der Waals surface area contributed by atoms with Crippen molar-refractivity contribution in [3.63, 3.8) is 0 Å². The molecule has 0 spiro atoms. The molecule has 90 valence electrons. The Hall–Kier alpha value is -1.13. The molecule has 3 heterocycles. The second-order valence-electron chi connectivity index (χ2n) is 4.64. The Kier molecular flexibility index (Phi) is 3.25. The third kappa shape index (κ3) is 2.58. The minimum Gasteiger partial charge on any atom is -0.367 e. The second kappa shape index (κ2) is 5.02. The van der Waals surface area contributed by atoms with Gasteiger partial charge in [-0.05, 0) is 37.9 Å². The average molecular weight is 247 g/mol. The van der Waals surface area contributed by atoms with Gasteiger partial charge in [0.25, 0.3) is 0 Å². The number of aromatic nitrogens is 2. The van der Waals surface area contributed by atoms with Crippen LogP contribution in [0.5, 0.6) is 0 Å².